The number of hydrogen-bond acceptors (Lipinski definition) is 5. The van der Waals surface area contributed by atoms with Gasteiger partial charge in [-0.3, -0.25) is 14.3 Å². The topological polar surface area (TPSA) is 109 Å². The summed E-state index contributed by atoms with van der Waals surface area (Å²) in [6.07, 6.45) is -0.761. The van der Waals surface area contributed by atoms with Crippen LogP contribution in [0.3, 0.4) is 0 Å². The molecule has 136 valence electrons. The van der Waals surface area contributed by atoms with Crippen molar-refractivity contribution >= 4 is 10.9 Å². The number of ether oxygens (including phenoxy) is 1. The van der Waals surface area contributed by atoms with Crippen LogP contribution < -0.4 is 11.2 Å². The van der Waals surface area contributed by atoms with Gasteiger partial charge in [0.2, 0.25) is 0 Å². The fraction of sp³-hybridized carbons (Fsp3) is 0.333. The lowest BCUT2D eigenvalue weighted by molar-refractivity contribution is -0.0458. The van der Waals surface area contributed by atoms with E-state index in [9.17, 15) is 19.8 Å². The zero-order valence-corrected chi connectivity index (χ0v) is 14.1. The van der Waals surface area contributed by atoms with Crippen molar-refractivity contribution in [2.45, 2.75) is 24.9 Å². The van der Waals surface area contributed by atoms with Crippen LogP contribution in [0.4, 0.5) is 0 Å². The molecule has 0 saturated carbocycles. The van der Waals surface area contributed by atoms with E-state index in [1.54, 1.807) is 0 Å². The number of hydrogen-bond donors (Lipinski definition) is 3. The number of para-hydroxylation sites is 1. The van der Waals surface area contributed by atoms with Gasteiger partial charge in [-0.1, -0.05) is 18.2 Å². The summed E-state index contributed by atoms with van der Waals surface area (Å²) in [7, 11) is 1.85. The molecule has 3 atom stereocenters. The molecule has 0 radical (unpaired) electrons. The Morgan fingerprint density at radius 2 is 2.08 bits per heavy atom. The summed E-state index contributed by atoms with van der Waals surface area (Å²) < 4.78 is 8.69. The fourth-order valence-electron chi connectivity index (χ4n) is 3.48. The molecule has 3 aromatic rings. The van der Waals surface area contributed by atoms with Crippen LogP contribution in [0, 0.1) is 0 Å². The number of aliphatic hydroxyl groups is 2. The van der Waals surface area contributed by atoms with Gasteiger partial charge in [0.1, 0.15) is 12.3 Å². The van der Waals surface area contributed by atoms with Crippen molar-refractivity contribution in [3.63, 3.8) is 0 Å². The van der Waals surface area contributed by atoms with Crippen LogP contribution in [0.2, 0.25) is 0 Å². The average molecular weight is 357 g/mol. The maximum Gasteiger partial charge on any atom is 0.330 e. The standard InChI is InChI=1S/C18H19N3O5/c1-20-12-5-3-2-4-10(12)6-13(20)11-8-21(18(25)19-17(11)24)16-7-14(23)15(9-22)26-16/h2-6,8,14-16,22-23H,7,9H2,1H3,(H,19,24,25). The third kappa shape index (κ3) is 2.59. The van der Waals surface area contributed by atoms with Crippen LogP contribution >= 0.6 is 0 Å². The zero-order valence-electron chi connectivity index (χ0n) is 14.1. The van der Waals surface area contributed by atoms with Gasteiger partial charge in [-0.25, -0.2) is 4.79 Å². The third-order valence-electron chi connectivity index (χ3n) is 4.89. The van der Waals surface area contributed by atoms with Crippen molar-refractivity contribution < 1.29 is 14.9 Å². The largest absolute Gasteiger partial charge is 0.394 e. The number of H-pyrrole nitrogens is 1. The molecule has 26 heavy (non-hydrogen) atoms. The quantitative estimate of drug-likeness (QED) is 0.626. The van der Waals surface area contributed by atoms with E-state index >= 15 is 0 Å². The number of rotatable bonds is 3. The van der Waals surface area contributed by atoms with E-state index in [4.69, 9.17) is 4.74 Å². The van der Waals surface area contributed by atoms with Crippen molar-refractivity contribution in [1.29, 1.82) is 0 Å². The normalized spacial score (nSPS) is 23.0. The monoisotopic (exact) mass is 357 g/mol. The number of fused-ring (bicyclic) bond motifs is 1. The molecule has 1 aliphatic heterocycles. The highest BCUT2D eigenvalue weighted by molar-refractivity contribution is 5.86. The van der Waals surface area contributed by atoms with Crippen molar-refractivity contribution in [2.75, 3.05) is 6.61 Å². The Labute approximate surface area is 147 Å². The van der Waals surface area contributed by atoms with Crippen LogP contribution in [-0.4, -0.2) is 43.1 Å². The van der Waals surface area contributed by atoms with Gasteiger partial charge in [0.15, 0.2) is 0 Å². The van der Waals surface area contributed by atoms with E-state index < -0.39 is 29.7 Å². The molecule has 1 fully saturated rings. The van der Waals surface area contributed by atoms with Gasteiger partial charge >= 0.3 is 5.69 Å². The van der Waals surface area contributed by atoms with E-state index in [2.05, 4.69) is 4.98 Å². The first-order valence-electron chi connectivity index (χ1n) is 8.34. The van der Waals surface area contributed by atoms with Gasteiger partial charge in [0.25, 0.3) is 5.56 Å². The van der Waals surface area contributed by atoms with Crippen LogP contribution in [0.1, 0.15) is 12.6 Å². The Bertz CT molecular complexity index is 1080. The van der Waals surface area contributed by atoms with E-state index in [0.717, 1.165) is 10.9 Å². The Hall–Kier alpha value is -2.68. The van der Waals surface area contributed by atoms with Gasteiger partial charge in [0, 0.05) is 30.6 Å². The van der Waals surface area contributed by atoms with Crippen LogP contribution in [0.15, 0.2) is 46.1 Å². The fourth-order valence-corrected chi connectivity index (χ4v) is 3.48. The van der Waals surface area contributed by atoms with Crippen molar-refractivity contribution in [2.24, 2.45) is 7.05 Å². The maximum absolute atomic E-state index is 12.4. The van der Waals surface area contributed by atoms with Gasteiger partial charge in [0.05, 0.1) is 24.0 Å². The Balaban J connectivity index is 1.84. The second kappa shape index (κ2) is 6.24. The first-order chi connectivity index (χ1) is 12.5. The minimum absolute atomic E-state index is 0.158. The number of aromatic nitrogens is 3. The number of aromatic amines is 1. The van der Waals surface area contributed by atoms with E-state index in [1.165, 1.54) is 10.8 Å². The van der Waals surface area contributed by atoms with Gasteiger partial charge < -0.3 is 19.5 Å². The Morgan fingerprint density at radius 3 is 2.77 bits per heavy atom. The molecule has 1 saturated heterocycles. The molecule has 3 heterocycles. The molecular formula is C18H19N3O5. The van der Waals surface area contributed by atoms with E-state index in [1.807, 2.05) is 41.9 Å². The molecule has 8 nitrogen and oxygen atoms in total. The summed E-state index contributed by atoms with van der Waals surface area (Å²) in [6, 6.07) is 9.62. The number of benzene rings is 1. The molecule has 0 spiro atoms. The van der Waals surface area contributed by atoms with Gasteiger partial charge in [-0.15, -0.1) is 0 Å². The molecule has 0 amide bonds. The van der Waals surface area contributed by atoms with E-state index in [-0.39, 0.29) is 13.0 Å². The minimum atomic E-state index is -0.870. The zero-order chi connectivity index (χ0) is 18.4. The minimum Gasteiger partial charge on any atom is -0.394 e. The molecule has 1 aliphatic rings. The maximum atomic E-state index is 12.4. The number of aryl methyl sites for hydroxylation is 1. The lowest BCUT2D eigenvalue weighted by Crippen LogP contribution is -2.33. The highest BCUT2D eigenvalue weighted by atomic mass is 16.5. The molecular weight excluding hydrogens is 338 g/mol. The summed E-state index contributed by atoms with van der Waals surface area (Å²) in [4.78, 5) is 27.0. The van der Waals surface area contributed by atoms with Crippen LogP contribution in [-0.2, 0) is 11.8 Å². The highest BCUT2D eigenvalue weighted by Crippen LogP contribution is 2.29. The molecule has 3 N–H and O–H groups in total. The summed E-state index contributed by atoms with van der Waals surface area (Å²) in [5.41, 5.74) is 0.850. The molecule has 4 rings (SSSR count). The number of nitrogens with zero attached hydrogens (tertiary/aromatic N) is 2. The van der Waals surface area contributed by atoms with Crippen LogP contribution in [0.25, 0.3) is 22.2 Å². The molecule has 1 aromatic carbocycles. The number of aliphatic hydroxyl groups excluding tert-OH is 2. The predicted molar refractivity (Wildman–Crippen MR) is 94.9 cm³/mol. The lowest BCUT2D eigenvalue weighted by atomic mass is 10.2. The van der Waals surface area contributed by atoms with E-state index in [0.29, 0.717) is 11.3 Å². The molecule has 3 unspecified atom stereocenters. The summed E-state index contributed by atoms with van der Waals surface area (Å²) in [5, 5.41) is 20.1. The summed E-state index contributed by atoms with van der Waals surface area (Å²) >= 11 is 0. The summed E-state index contributed by atoms with van der Waals surface area (Å²) in [5.74, 6) is 0. The van der Waals surface area contributed by atoms with Crippen molar-refractivity contribution in [3.05, 3.63) is 57.4 Å². The molecule has 2 aromatic heterocycles. The lowest BCUT2D eigenvalue weighted by Gasteiger charge is -2.15. The average Bonchev–Trinajstić information content (AvgIpc) is 3.16. The Morgan fingerprint density at radius 1 is 1.31 bits per heavy atom. The van der Waals surface area contributed by atoms with Crippen LogP contribution in [0.5, 0.6) is 0 Å². The summed E-state index contributed by atoms with van der Waals surface area (Å²) in [6.45, 7) is -0.341. The Kier molecular flexibility index (Phi) is 4.03. The third-order valence-corrected chi connectivity index (χ3v) is 4.89. The SMILES string of the molecule is Cn1c(-c2cn(C3CC(O)C(CO)O3)c(=O)[nH]c2=O)cc2ccccc21. The van der Waals surface area contributed by atoms with Crippen molar-refractivity contribution in [1.82, 2.24) is 14.1 Å². The second-order valence-corrected chi connectivity index (χ2v) is 6.47. The smallest absolute Gasteiger partial charge is 0.330 e. The van der Waals surface area contributed by atoms with Crippen molar-refractivity contribution in [3.8, 4) is 11.3 Å². The van der Waals surface area contributed by atoms with Gasteiger partial charge in [-0.05, 0) is 12.1 Å². The number of nitrogens with one attached hydrogen (secondary N) is 1. The first kappa shape index (κ1) is 16.8. The highest BCUT2D eigenvalue weighted by Gasteiger charge is 2.35. The first-order valence-corrected chi connectivity index (χ1v) is 8.34. The van der Waals surface area contributed by atoms with Gasteiger partial charge in [-0.2, -0.15) is 0 Å². The predicted octanol–water partition coefficient (Wildman–Crippen LogP) is 0.336. The molecule has 0 aliphatic carbocycles. The molecule has 0 bridgehead atoms. The molecule has 8 heteroatoms. The second-order valence-electron chi connectivity index (χ2n) is 6.47.